The highest BCUT2D eigenvalue weighted by Gasteiger charge is 2.34. The molecule has 0 spiro atoms. The van der Waals surface area contributed by atoms with Gasteiger partial charge in [0.1, 0.15) is 18.0 Å². The zero-order valence-corrected chi connectivity index (χ0v) is 20.0. The molecule has 0 radical (unpaired) electrons. The Balaban J connectivity index is 1.27. The van der Waals surface area contributed by atoms with Crippen LogP contribution in [-0.4, -0.2) is 84.4 Å². The molecule has 5 rings (SSSR count). The van der Waals surface area contributed by atoms with Crippen LogP contribution in [0.5, 0.6) is 0 Å². The highest BCUT2D eigenvalue weighted by Crippen LogP contribution is 2.31. The first-order valence-corrected chi connectivity index (χ1v) is 11.6. The smallest absolute Gasteiger partial charge is 0.252 e. The maximum absolute atomic E-state index is 13.7. The van der Waals surface area contributed by atoms with Gasteiger partial charge in [0.05, 0.1) is 29.2 Å². The second-order valence-electron chi connectivity index (χ2n) is 8.79. The zero-order valence-electron chi connectivity index (χ0n) is 20.0. The number of halogens is 1. The molecule has 1 fully saturated rings. The number of aliphatic hydroxyl groups is 1. The van der Waals surface area contributed by atoms with E-state index in [1.807, 2.05) is 11.0 Å². The molecule has 1 unspecified atom stereocenters. The molecule has 2 aliphatic heterocycles. The van der Waals surface area contributed by atoms with E-state index in [0.29, 0.717) is 66.8 Å². The van der Waals surface area contributed by atoms with Gasteiger partial charge in [0.15, 0.2) is 5.82 Å². The number of aliphatic hydroxyl groups excluding tert-OH is 1. The van der Waals surface area contributed by atoms with Gasteiger partial charge in [0.25, 0.3) is 5.91 Å². The summed E-state index contributed by atoms with van der Waals surface area (Å²) in [4.78, 5) is 28.4. The molecule has 5 heterocycles. The number of pyridine rings is 1. The summed E-state index contributed by atoms with van der Waals surface area (Å²) >= 11 is 0. The molecule has 3 aromatic rings. The Hall–Kier alpha value is -3.97. The lowest BCUT2D eigenvalue weighted by Gasteiger charge is -2.41. The lowest BCUT2D eigenvalue weighted by molar-refractivity contribution is -0.126. The molecule has 0 saturated carbocycles. The normalized spacial score (nSPS) is 19.2. The molecule has 2 aliphatic rings. The van der Waals surface area contributed by atoms with E-state index < -0.39 is 18.1 Å². The number of carbonyl (C=O) groups is 1. The van der Waals surface area contributed by atoms with Crippen molar-refractivity contribution in [1.29, 1.82) is 0 Å². The Morgan fingerprint density at radius 2 is 1.89 bits per heavy atom. The Morgan fingerprint density at radius 1 is 1.14 bits per heavy atom. The summed E-state index contributed by atoms with van der Waals surface area (Å²) in [6, 6.07) is 2.96. The number of nitrogens with two attached hydrogens (primary N) is 1. The van der Waals surface area contributed by atoms with Crippen molar-refractivity contribution in [2.24, 2.45) is 10.8 Å². The van der Waals surface area contributed by atoms with Gasteiger partial charge in [-0.25, -0.2) is 24.0 Å². The Bertz CT molecular complexity index is 1300. The monoisotopic (exact) mass is 494 g/mol. The maximum Gasteiger partial charge on any atom is 0.252 e. The van der Waals surface area contributed by atoms with Crippen molar-refractivity contribution in [3.63, 3.8) is 0 Å². The first-order chi connectivity index (χ1) is 17.3. The molecule has 0 bridgehead atoms. The maximum atomic E-state index is 13.7. The van der Waals surface area contributed by atoms with Gasteiger partial charge in [-0.2, -0.15) is 10.2 Å². The van der Waals surface area contributed by atoms with Crippen molar-refractivity contribution in [1.82, 2.24) is 34.6 Å². The number of hydrogen-bond acceptors (Lipinski definition) is 10. The number of aromatic nitrogens is 5. The molecular weight excluding hydrogens is 467 g/mol. The lowest BCUT2D eigenvalue weighted by Crippen LogP contribution is -2.55. The number of nitrogens with zero attached hydrogens (tertiary/aromatic N) is 9. The van der Waals surface area contributed by atoms with Gasteiger partial charge < -0.3 is 15.7 Å². The van der Waals surface area contributed by atoms with Gasteiger partial charge in [0.2, 0.25) is 6.35 Å². The van der Waals surface area contributed by atoms with Gasteiger partial charge >= 0.3 is 0 Å². The molecule has 12 nitrogen and oxygen atoms in total. The third-order valence-electron chi connectivity index (χ3n) is 6.57. The fourth-order valence-electron chi connectivity index (χ4n) is 4.75. The van der Waals surface area contributed by atoms with Gasteiger partial charge in [-0.15, -0.1) is 0 Å². The summed E-state index contributed by atoms with van der Waals surface area (Å²) in [5, 5.41) is 21.4. The minimum Gasteiger partial charge on any atom is -0.365 e. The van der Waals surface area contributed by atoms with E-state index in [0.717, 1.165) is 6.20 Å². The molecular formula is C23H27FN10O2. The molecule has 3 N–H and O–H groups in total. The Kier molecular flexibility index (Phi) is 6.33. The van der Waals surface area contributed by atoms with Crippen molar-refractivity contribution in [2.75, 3.05) is 31.1 Å². The standard InChI is InChI=1S/C23H27FN10O2/c1-14-21(22(25)35)15(2)33(30-14)20-10-19(27-13-28-20)31-5-7-32(8-6-31)23(36)34-18(3-4-29-34)16-9-17(24)12-26-11-16/h4,9-13,18,23,36H,3,5-8H2,1-2H3,(H2,25,35)/t18-,23?/m0/s1. The van der Waals surface area contributed by atoms with Gasteiger partial charge in [-0.3, -0.25) is 14.7 Å². The van der Waals surface area contributed by atoms with Crippen LogP contribution < -0.4 is 10.6 Å². The molecule has 0 aromatic carbocycles. The van der Waals surface area contributed by atoms with Crippen molar-refractivity contribution in [2.45, 2.75) is 32.7 Å². The van der Waals surface area contributed by atoms with E-state index in [-0.39, 0.29) is 6.04 Å². The average molecular weight is 495 g/mol. The van der Waals surface area contributed by atoms with Crippen LogP contribution in [0.1, 0.15) is 39.8 Å². The van der Waals surface area contributed by atoms with Crippen LogP contribution in [-0.2, 0) is 0 Å². The van der Waals surface area contributed by atoms with Gasteiger partial charge in [-0.1, -0.05) is 0 Å². The van der Waals surface area contributed by atoms with Crippen molar-refractivity contribution >= 4 is 17.9 Å². The Labute approximate surface area is 206 Å². The van der Waals surface area contributed by atoms with Gasteiger partial charge in [0, 0.05) is 51.1 Å². The summed E-state index contributed by atoms with van der Waals surface area (Å²) in [7, 11) is 0. The predicted octanol–water partition coefficient (Wildman–Crippen LogP) is 0.743. The molecule has 2 atom stereocenters. The minimum atomic E-state index is -0.956. The molecule has 1 amide bonds. The van der Waals surface area contributed by atoms with E-state index in [2.05, 4.69) is 30.1 Å². The third-order valence-corrected chi connectivity index (χ3v) is 6.57. The number of hydrogen-bond donors (Lipinski definition) is 2. The highest BCUT2D eigenvalue weighted by molar-refractivity contribution is 5.95. The Morgan fingerprint density at radius 3 is 2.58 bits per heavy atom. The SMILES string of the molecule is Cc1nn(-c2cc(N3CCN(C(O)N4N=CC[C@H]4c4cncc(F)c4)CC3)ncn2)c(C)c1C(N)=O. The number of amides is 1. The van der Waals surface area contributed by atoms with Gasteiger partial charge in [-0.05, 0) is 25.5 Å². The topological polar surface area (TPSA) is 142 Å². The lowest BCUT2D eigenvalue weighted by atomic mass is 10.1. The number of carbonyl (C=O) groups excluding carboxylic acids is 1. The van der Waals surface area contributed by atoms with E-state index in [1.165, 1.54) is 12.4 Å². The fourth-order valence-corrected chi connectivity index (χ4v) is 4.75. The van der Waals surface area contributed by atoms with E-state index in [1.54, 1.807) is 35.9 Å². The van der Waals surface area contributed by atoms with Crippen LogP contribution in [0.25, 0.3) is 5.82 Å². The highest BCUT2D eigenvalue weighted by atomic mass is 19.1. The second-order valence-corrected chi connectivity index (χ2v) is 8.79. The summed E-state index contributed by atoms with van der Waals surface area (Å²) < 4.78 is 15.3. The molecule has 36 heavy (non-hydrogen) atoms. The van der Waals surface area contributed by atoms with Crippen LogP contribution in [0, 0.1) is 19.7 Å². The predicted molar refractivity (Wildman–Crippen MR) is 129 cm³/mol. The molecule has 188 valence electrons. The van der Waals surface area contributed by atoms with Crippen LogP contribution in [0.3, 0.4) is 0 Å². The summed E-state index contributed by atoms with van der Waals surface area (Å²) in [6.45, 7) is 5.85. The summed E-state index contributed by atoms with van der Waals surface area (Å²) in [5.74, 6) is 0.301. The second kappa shape index (κ2) is 9.59. The number of rotatable bonds is 6. The fraction of sp³-hybridized carbons (Fsp3) is 0.391. The van der Waals surface area contributed by atoms with Crippen LogP contribution in [0.15, 0.2) is 36.0 Å². The molecule has 1 saturated heterocycles. The minimum absolute atomic E-state index is 0.281. The number of primary amides is 1. The molecule has 3 aromatic heterocycles. The summed E-state index contributed by atoms with van der Waals surface area (Å²) in [5.41, 5.74) is 7.71. The largest absolute Gasteiger partial charge is 0.365 e. The van der Waals surface area contributed by atoms with E-state index in [4.69, 9.17) is 5.73 Å². The first-order valence-electron chi connectivity index (χ1n) is 11.6. The zero-order chi connectivity index (χ0) is 25.4. The van der Waals surface area contributed by atoms with Crippen LogP contribution in [0.4, 0.5) is 10.2 Å². The van der Waals surface area contributed by atoms with Crippen molar-refractivity contribution in [3.05, 3.63) is 59.2 Å². The average Bonchev–Trinajstić information content (AvgIpc) is 3.48. The van der Waals surface area contributed by atoms with E-state index in [9.17, 15) is 14.3 Å². The van der Waals surface area contributed by atoms with Crippen molar-refractivity contribution in [3.8, 4) is 5.82 Å². The van der Waals surface area contributed by atoms with Crippen LogP contribution in [0.2, 0.25) is 0 Å². The number of aryl methyl sites for hydroxylation is 1. The number of hydrazone groups is 1. The van der Waals surface area contributed by atoms with Crippen molar-refractivity contribution < 1.29 is 14.3 Å². The van der Waals surface area contributed by atoms with E-state index >= 15 is 0 Å². The number of anilines is 1. The van der Waals surface area contributed by atoms with Crippen LogP contribution >= 0.6 is 0 Å². The summed E-state index contributed by atoms with van der Waals surface area (Å²) in [6.07, 6.45) is 5.55. The molecule has 0 aliphatic carbocycles. The molecule has 13 heteroatoms. The third kappa shape index (κ3) is 4.38. The number of piperazine rings is 1. The first kappa shape index (κ1) is 23.8. The quantitative estimate of drug-likeness (QED) is 0.507.